The minimum absolute atomic E-state index is 0.139. The Balaban J connectivity index is 2.72. The monoisotopic (exact) mass is 492 g/mol. The summed E-state index contributed by atoms with van der Waals surface area (Å²) < 4.78 is 10.1. The van der Waals surface area contributed by atoms with Crippen LogP contribution in [0.2, 0.25) is 0 Å². The number of carboxylic acids is 3. The van der Waals surface area contributed by atoms with Gasteiger partial charge in [-0.2, -0.15) is 0 Å². The molecular weight excluding hydrogens is 459 g/mol. The third-order valence-electron chi connectivity index (χ3n) is 5.48. The van der Waals surface area contributed by atoms with Crippen molar-refractivity contribution >= 4 is 38.4 Å². The van der Waals surface area contributed by atoms with Gasteiger partial charge in [0.25, 0.3) is 0 Å². The third kappa shape index (κ3) is 7.37. The molecule has 5 atom stereocenters. The van der Waals surface area contributed by atoms with E-state index in [1.54, 1.807) is 6.92 Å². The van der Waals surface area contributed by atoms with Crippen LogP contribution in [0.4, 0.5) is 0 Å². The molecule has 4 N–H and O–H groups in total. The minimum atomic E-state index is -1.77. The summed E-state index contributed by atoms with van der Waals surface area (Å²) in [5.74, 6) is -13.7. The summed E-state index contributed by atoms with van der Waals surface area (Å²) in [6.07, 6.45) is -0.263. The third-order valence-corrected chi connectivity index (χ3v) is 6.61. The van der Waals surface area contributed by atoms with Crippen LogP contribution in [0.15, 0.2) is 0 Å². The van der Waals surface area contributed by atoms with E-state index in [1.807, 2.05) is 27.4 Å². The highest BCUT2D eigenvalue weighted by Gasteiger charge is 2.64. The lowest BCUT2D eigenvalue weighted by molar-refractivity contribution is -0.195. The first-order chi connectivity index (χ1) is 15.1. The maximum Gasteiger partial charge on any atom is 0.312 e. The van der Waals surface area contributed by atoms with Crippen LogP contribution >= 0.6 is 8.58 Å². The van der Waals surface area contributed by atoms with Gasteiger partial charge in [0, 0.05) is 0 Å². The van der Waals surface area contributed by atoms with Gasteiger partial charge in [-0.1, -0.05) is 20.8 Å². The highest BCUT2D eigenvalue weighted by molar-refractivity contribution is 7.37. The summed E-state index contributed by atoms with van der Waals surface area (Å²) in [6.45, 7) is 8.58. The lowest BCUT2D eigenvalue weighted by Gasteiger charge is -2.43. The van der Waals surface area contributed by atoms with Gasteiger partial charge in [0.2, 0.25) is 0 Å². The van der Waals surface area contributed by atoms with E-state index in [9.17, 15) is 39.3 Å². The molecule has 0 aromatic rings. The van der Waals surface area contributed by atoms with Crippen molar-refractivity contribution in [1.29, 1.82) is 0 Å². The summed E-state index contributed by atoms with van der Waals surface area (Å²) in [4.78, 5) is 58.9. The zero-order valence-electron chi connectivity index (χ0n) is 19.4. The van der Waals surface area contributed by atoms with E-state index in [4.69, 9.17) is 14.6 Å². The number of esters is 2. The number of hydrogen-bond donors (Lipinski definition) is 4. The Labute approximate surface area is 193 Å². The van der Waals surface area contributed by atoms with Crippen LogP contribution < -0.4 is 0 Å². The molecule has 33 heavy (non-hydrogen) atoms. The smallest absolute Gasteiger partial charge is 0.312 e. The summed E-state index contributed by atoms with van der Waals surface area (Å²) in [5, 5.41) is 37.6. The van der Waals surface area contributed by atoms with Crippen LogP contribution in [-0.4, -0.2) is 82.4 Å². The highest BCUT2D eigenvalue weighted by Crippen LogP contribution is 2.47. The molecule has 0 amide bonds. The molecule has 0 aromatic heterocycles. The van der Waals surface area contributed by atoms with Crippen LogP contribution in [0.1, 0.15) is 34.1 Å². The molecule has 0 spiro atoms. The predicted octanol–water partition coefficient (Wildman–Crippen LogP) is 0.917. The van der Waals surface area contributed by atoms with E-state index in [1.165, 1.54) is 0 Å². The Morgan fingerprint density at radius 1 is 0.818 bits per heavy atom. The number of carbonyl (C=O) groups is 5. The highest BCUT2D eigenvalue weighted by atomic mass is 31.1. The maximum absolute atomic E-state index is 12.7. The number of aliphatic hydroxyl groups excluding tert-OH is 1. The first kappa shape index (κ1) is 28.8. The Hall–Kier alpha value is -2.26. The normalized spacial score (nSPS) is 25.5. The molecule has 0 aromatic carbocycles. The summed E-state index contributed by atoms with van der Waals surface area (Å²) >= 11 is 0. The Morgan fingerprint density at radius 2 is 1.24 bits per heavy atom. The van der Waals surface area contributed by atoms with Gasteiger partial charge in [-0.05, 0) is 31.6 Å². The van der Waals surface area contributed by atoms with Gasteiger partial charge >= 0.3 is 29.8 Å². The van der Waals surface area contributed by atoms with Crippen molar-refractivity contribution in [2.75, 3.05) is 26.0 Å². The van der Waals surface area contributed by atoms with Gasteiger partial charge in [-0.15, -0.1) is 8.58 Å². The zero-order chi connectivity index (χ0) is 25.7. The van der Waals surface area contributed by atoms with Gasteiger partial charge in [0.05, 0.1) is 29.1 Å². The fraction of sp³-hybridized carbons (Fsp3) is 0.762. The number of rotatable bonds is 12. The largest absolute Gasteiger partial charge is 0.481 e. The number of aliphatic hydroxyl groups is 1. The van der Waals surface area contributed by atoms with E-state index in [0.29, 0.717) is 21.2 Å². The Morgan fingerprint density at radius 3 is 1.64 bits per heavy atom. The molecule has 1 aliphatic carbocycles. The molecule has 1 aliphatic rings. The molecule has 0 saturated heterocycles. The van der Waals surface area contributed by atoms with Crippen molar-refractivity contribution in [3.8, 4) is 0 Å². The van der Waals surface area contributed by atoms with Crippen LogP contribution in [0.3, 0.4) is 0 Å². The molecule has 0 heterocycles. The van der Waals surface area contributed by atoms with Crippen LogP contribution in [0.25, 0.3) is 0 Å². The first-order valence-corrected chi connectivity index (χ1v) is 12.1. The quantitative estimate of drug-likeness (QED) is 0.224. The molecule has 0 aliphatic heterocycles. The van der Waals surface area contributed by atoms with E-state index in [-0.39, 0.29) is 5.41 Å². The molecule has 0 radical (unpaired) electrons. The van der Waals surface area contributed by atoms with Crippen molar-refractivity contribution < 1.29 is 53.9 Å². The van der Waals surface area contributed by atoms with Gasteiger partial charge in [-0.25, -0.2) is 0 Å². The lowest BCUT2D eigenvalue weighted by Crippen LogP contribution is -2.60. The van der Waals surface area contributed by atoms with Crippen molar-refractivity contribution in [1.82, 2.24) is 0 Å². The Bertz CT molecular complexity index is 753. The number of carboxylic acid groups (broad SMARTS) is 3. The standard InChI is InChI=1S/C21H33O11P/c1-20(2,3)8-21(4,9-33-5)19(30)32-7-10(22)6-31-18(29)14-12(16(25)26)11(15(23)24)13(14)17(27)28/h10-14,22,33H,6-9H2,1-5H3,(H,23,24)(H,25,26)(H,27,28). The molecule has 5 unspecified atom stereocenters. The minimum Gasteiger partial charge on any atom is -0.481 e. The van der Waals surface area contributed by atoms with Gasteiger partial charge < -0.3 is 29.9 Å². The maximum atomic E-state index is 12.7. The van der Waals surface area contributed by atoms with Crippen LogP contribution in [0.5, 0.6) is 0 Å². The number of hydrogen-bond acceptors (Lipinski definition) is 8. The fourth-order valence-electron chi connectivity index (χ4n) is 4.40. The Kier molecular flexibility index (Phi) is 9.80. The molecular formula is C21H33O11P. The average Bonchev–Trinajstić information content (AvgIpc) is 2.61. The van der Waals surface area contributed by atoms with Crippen LogP contribution in [0, 0.1) is 34.5 Å². The number of aliphatic carboxylic acids is 3. The van der Waals surface area contributed by atoms with Crippen molar-refractivity contribution in [2.45, 2.75) is 40.2 Å². The SMILES string of the molecule is CPCC(C)(CC(C)(C)C)C(=O)OCC(O)COC(=O)C1C(C(=O)O)C(C(=O)O)C1C(=O)O. The molecule has 11 nitrogen and oxygen atoms in total. The summed E-state index contributed by atoms with van der Waals surface area (Å²) in [7, 11) is 0.503. The fourth-order valence-corrected chi connectivity index (χ4v) is 5.45. The molecule has 1 saturated carbocycles. The average molecular weight is 492 g/mol. The molecule has 188 valence electrons. The number of ether oxygens (including phenoxy) is 2. The summed E-state index contributed by atoms with van der Waals surface area (Å²) in [6, 6.07) is 0. The topological polar surface area (TPSA) is 185 Å². The van der Waals surface area contributed by atoms with Gasteiger partial charge in [0.1, 0.15) is 19.3 Å². The molecule has 1 fully saturated rings. The van der Waals surface area contributed by atoms with Crippen molar-refractivity contribution in [3.05, 3.63) is 0 Å². The van der Waals surface area contributed by atoms with E-state index in [2.05, 4.69) is 0 Å². The predicted molar refractivity (Wildman–Crippen MR) is 116 cm³/mol. The molecule has 12 heteroatoms. The van der Waals surface area contributed by atoms with Crippen molar-refractivity contribution in [3.63, 3.8) is 0 Å². The molecule has 1 rings (SSSR count). The second kappa shape index (κ2) is 11.2. The van der Waals surface area contributed by atoms with E-state index < -0.39 is 78.3 Å². The zero-order valence-corrected chi connectivity index (χ0v) is 20.4. The molecule has 0 bridgehead atoms. The van der Waals surface area contributed by atoms with Gasteiger partial charge in [0.15, 0.2) is 0 Å². The first-order valence-electron chi connectivity index (χ1n) is 10.4. The van der Waals surface area contributed by atoms with E-state index in [0.717, 1.165) is 0 Å². The van der Waals surface area contributed by atoms with Gasteiger partial charge in [-0.3, -0.25) is 24.0 Å². The second-order valence-electron chi connectivity index (χ2n) is 9.83. The lowest BCUT2D eigenvalue weighted by atomic mass is 9.56. The second-order valence-corrected chi connectivity index (χ2v) is 10.9. The van der Waals surface area contributed by atoms with Crippen LogP contribution in [-0.2, 0) is 33.4 Å². The van der Waals surface area contributed by atoms with E-state index >= 15 is 0 Å². The number of carbonyl (C=O) groups excluding carboxylic acids is 2. The van der Waals surface area contributed by atoms with Crippen molar-refractivity contribution in [2.24, 2.45) is 34.5 Å². The summed E-state index contributed by atoms with van der Waals surface area (Å²) in [5.41, 5.74) is -0.900.